The Kier molecular flexibility index (Phi) is 5.29. The summed E-state index contributed by atoms with van der Waals surface area (Å²) < 4.78 is 13.2. The summed E-state index contributed by atoms with van der Waals surface area (Å²) in [5.74, 6) is 2.43. The summed E-state index contributed by atoms with van der Waals surface area (Å²) in [6.07, 6.45) is 2.54. The maximum Gasteiger partial charge on any atom is 0.183 e. The van der Waals surface area contributed by atoms with Crippen LogP contribution in [-0.4, -0.2) is 48.8 Å². The predicted molar refractivity (Wildman–Crippen MR) is 118 cm³/mol. The Morgan fingerprint density at radius 2 is 1.93 bits per heavy atom. The van der Waals surface area contributed by atoms with Crippen molar-refractivity contribution in [3.63, 3.8) is 0 Å². The van der Waals surface area contributed by atoms with Gasteiger partial charge in [0, 0.05) is 13.1 Å². The van der Waals surface area contributed by atoms with Crippen LogP contribution < -0.4 is 14.8 Å². The molecule has 2 aliphatic rings. The first-order valence-electron chi connectivity index (χ1n) is 10.5. The summed E-state index contributed by atoms with van der Waals surface area (Å²) in [7, 11) is 0. The van der Waals surface area contributed by atoms with Gasteiger partial charge in [-0.15, -0.1) is 0 Å². The van der Waals surface area contributed by atoms with Crippen molar-refractivity contribution in [2.45, 2.75) is 25.9 Å². The molecular formula is C23H27N3O2S. The molecule has 1 aromatic heterocycles. The largest absolute Gasteiger partial charge is 0.486 e. The number of nitrogens with zero attached hydrogens (tertiary/aromatic N) is 2. The van der Waals surface area contributed by atoms with Crippen LogP contribution in [0.1, 0.15) is 18.4 Å². The minimum absolute atomic E-state index is 0.116. The van der Waals surface area contributed by atoms with E-state index < -0.39 is 0 Å². The number of fused-ring (bicyclic) bond motifs is 2. The fraction of sp³-hybridized carbons (Fsp3) is 0.435. The van der Waals surface area contributed by atoms with Crippen molar-refractivity contribution in [2.24, 2.45) is 5.92 Å². The zero-order valence-electron chi connectivity index (χ0n) is 16.8. The van der Waals surface area contributed by atoms with Gasteiger partial charge in [-0.05, 0) is 62.5 Å². The van der Waals surface area contributed by atoms with Crippen LogP contribution in [0.15, 0.2) is 42.5 Å². The molecule has 5 rings (SSSR count). The molecule has 1 N–H and O–H groups in total. The number of benzene rings is 2. The summed E-state index contributed by atoms with van der Waals surface area (Å²) in [4.78, 5) is 7.29. The zero-order valence-corrected chi connectivity index (χ0v) is 17.6. The van der Waals surface area contributed by atoms with Crippen LogP contribution >= 0.6 is 11.3 Å². The molecule has 1 fully saturated rings. The SMILES string of the molecule is Cc1cccc2sc(NCC3CCN(CC4COc5ccccc5O4)CC3)nc12. The molecule has 1 unspecified atom stereocenters. The number of nitrogens with one attached hydrogen (secondary N) is 1. The molecule has 29 heavy (non-hydrogen) atoms. The summed E-state index contributed by atoms with van der Waals surface area (Å²) in [6.45, 7) is 6.94. The van der Waals surface area contributed by atoms with Gasteiger partial charge in [-0.3, -0.25) is 4.90 Å². The van der Waals surface area contributed by atoms with Gasteiger partial charge in [0.15, 0.2) is 16.6 Å². The molecule has 152 valence electrons. The third kappa shape index (κ3) is 4.19. The van der Waals surface area contributed by atoms with Gasteiger partial charge in [0.2, 0.25) is 0 Å². The van der Waals surface area contributed by atoms with E-state index in [0.717, 1.165) is 48.3 Å². The Bertz CT molecular complexity index is 981. The molecule has 0 spiro atoms. The Morgan fingerprint density at radius 3 is 2.76 bits per heavy atom. The molecule has 1 atom stereocenters. The van der Waals surface area contributed by atoms with E-state index in [2.05, 4.69) is 35.3 Å². The topological polar surface area (TPSA) is 46.6 Å². The van der Waals surface area contributed by atoms with Crippen LogP contribution in [0.3, 0.4) is 0 Å². The first-order chi connectivity index (χ1) is 14.2. The summed E-state index contributed by atoms with van der Waals surface area (Å²) >= 11 is 1.76. The Morgan fingerprint density at radius 1 is 1.10 bits per heavy atom. The molecule has 0 saturated carbocycles. The quantitative estimate of drug-likeness (QED) is 0.669. The third-order valence-electron chi connectivity index (χ3n) is 5.90. The summed E-state index contributed by atoms with van der Waals surface area (Å²) in [5.41, 5.74) is 2.38. The number of anilines is 1. The second-order valence-electron chi connectivity index (χ2n) is 8.06. The first-order valence-corrected chi connectivity index (χ1v) is 11.3. The standard InChI is InChI=1S/C23H27N3O2S/c1-16-5-4-8-21-22(16)25-23(29-21)24-13-17-9-11-26(12-10-17)14-18-15-27-19-6-2-3-7-20(19)28-18/h2-8,17-18H,9-15H2,1H3,(H,24,25). The van der Waals surface area contributed by atoms with Gasteiger partial charge in [-0.1, -0.05) is 35.6 Å². The smallest absolute Gasteiger partial charge is 0.183 e. The monoisotopic (exact) mass is 409 g/mol. The molecule has 0 bridgehead atoms. The fourth-order valence-corrected chi connectivity index (χ4v) is 5.16. The van der Waals surface area contributed by atoms with Gasteiger partial charge in [0.25, 0.3) is 0 Å². The second kappa shape index (κ2) is 8.20. The summed E-state index contributed by atoms with van der Waals surface area (Å²) in [5, 5.41) is 4.63. The number of likely N-dealkylation sites (tertiary alicyclic amines) is 1. The van der Waals surface area contributed by atoms with Crippen molar-refractivity contribution in [3.05, 3.63) is 48.0 Å². The molecule has 3 aromatic rings. The molecule has 3 heterocycles. The number of para-hydroxylation sites is 3. The van der Waals surface area contributed by atoms with E-state index in [9.17, 15) is 0 Å². The Labute approximate surface area is 175 Å². The van der Waals surface area contributed by atoms with Crippen molar-refractivity contribution >= 4 is 26.7 Å². The molecule has 0 aliphatic carbocycles. The number of thiazole rings is 1. The number of ether oxygens (including phenoxy) is 2. The van der Waals surface area contributed by atoms with Crippen LogP contribution in [0.25, 0.3) is 10.2 Å². The minimum atomic E-state index is 0.116. The number of piperidine rings is 1. The van der Waals surface area contributed by atoms with E-state index in [1.54, 1.807) is 11.3 Å². The lowest BCUT2D eigenvalue weighted by Crippen LogP contribution is -2.44. The summed E-state index contributed by atoms with van der Waals surface area (Å²) in [6, 6.07) is 14.3. The molecule has 6 heteroatoms. The van der Waals surface area contributed by atoms with Crippen molar-refractivity contribution in [3.8, 4) is 11.5 Å². The average molecular weight is 410 g/mol. The fourth-order valence-electron chi connectivity index (χ4n) is 4.21. The zero-order chi connectivity index (χ0) is 19.6. The van der Waals surface area contributed by atoms with E-state index in [1.165, 1.54) is 23.1 Å². The van der Waals surface area contributed by atoms with Crippen LogP contribution in [0.4, 0.5) is 5.13 Å². The molecule has 0 radical (unpaired) electrons. The lowest BCUT2D eigenvalue weighted by atomic mass is 9.96. The highest BCUT2D eigenvalue weighted by molar-refractivity contribution is 7.22. The highest BCUT2D eigenvalue weighted by Gasteiger charge is 2.26. The van der Waals surface area contributed by atoms with Gasteiger partial charge in [-0.25, -0.2) is 4.98 Å². The maximum atomic E-state index is 6.12. The van der Waals surface area contributed by atoms with Gasteiger partial charge >= 0.3 is 0 Å². The van der Waals surface area contributed by atoms with Gasteiger partial charge in [0.1, 0.15) is 12.7 Å². The van der Waals surface area contributed by atoms with E-state index >= 15 is 0 Å². The van der Waals surface area contributed by atoms with E-state index in [1.807, 2.05) is 24.3 Å². The van der Waals surface area contributed by atoms with Crippen LogP contribution in [-0.2, 0) is 0 Å². The van der Waals surface area contributed by atoms with Crippen molar-refractivity contribution in [1.82, 2.24) is 9.88 Å². The lowest BCUT2D eigenvalue weighted by molar-refractivity contribution is 0.0485. The van der Waals surface area contributed by atoms with E-state index in [-0.39, 0.29) is 6.10 Å². The molecular weight excluding hydrogens is 382 g/mol. The third-order valence-corrected chi connectivity index (χ3v) is 6.88. The molecule has 5 nitrogen and oxygen atoms in total. The van der Waals surface area contributed by atoms with Crippen LogP contribution in [0, 0.1) is 12.8 Å². The number of hydrogen-bond acceptors (Lipinski definition) is 6. The van der Waals surface area contributed by atoms with Crippen molar-refractivity contribution in [1.29, 1.82) is 0 Å². The molecule has 2 aromatic carbocycles. The van der Waals surface area contributed by atoms with Gasteiger partial charge in [-0.2, -0.15) is 0 Å². The van der Waals surface area contributed by atoms with E-state index in [0.29, 0.717) is 12.5 Å². The number of rotatable bonds is 5. The number of hydrogen-bond donors (Lipinski definition) is 1. The van der Waals surface area contributed by atoms with Crippen molar-refractivity contribution < 1.29 is 9.47 Å². The molecule has 2 aliphatic heterocycles. The van der Waals surface area contributed by atoms with Gasteiger partial charge < -0.3 is 14.8 Å². The first kappa shape index (κ1) is 18.7. The number of aryl methyl sites for hydroxylation is 1. The lowest BCUT2D eigenvalue weighted by Gasteiger charge is -2.35. The normalized spacial score (nSPS) is 20.1. The maximum absolute atomic E-state index is 6.12. The Hall–Kier alpha value is -2.31. The molecule has 1 saturated heterocycles. The Balaban J connectivity index is 1.09. The highest BCUT2D eigenvalue weighted by Crippen LogP contribution is 2.32. The number of aromatic nitrogens is 1. The predicted octanol–water partition coefficient (Wildman–Crippen LogP) is 4.57. The van der Waals surface area contributed by atoms with Crippen molar-refractivity contribution in [2.75, 3.05) is 38.1 Å². The average Bonchev–Trinajstić information content (AvgIpc) is 3.18. The molecule has 0 amide bonds. The highest BCUT2D eigenvalue weighted by atomic mass is 32.1. The van der Waals surface area contributed by atoms with Crippen LogP contribution in [0.5, 0.6) is 11.5 Å². The van der Waals surface area contributed by atoms with E-state index in [4.69, 9.17) is 14.5 Å². The minimum Gasteiger partial charge on any atom is -0.486 e. The van der Waals surface area contributed by atoms with Crippen LogP contribution in [0.2, 0.25) is 0 Å². The second-order valence-corrected chi connectivity index (χ2v) is 9.09. The van der Waals surface area contributed by atoms with Gasteiger partial charge in [0.05, 0.1) is 10.2 Å².